The predicted molar refractivity (Wildman–Crippen MR) is 244 cm³/mol. The summed E-state index contributed by atoms with van der Waals surface area (Å²) < 4.78 is 16.0. The Bertz CT molecular complexity index is 2440. The van der Waals surface area contributed by atoms with Gasteiger partial charge in [-0.05, 0) is 86.7 Å². The van der Waals surface area contributed by atoms with Crippen LogP contribution < -0.4 is 19.9 Å². The first-order valence-electron chi connectivity index (χ1n) is 22.7. The van der Waals surface area contributed by atoms with Crippen molar-refractivity contribution in [2.75, 3.05) is 69.0 Å². The van der Waals surface area contributed by atoms with Gasteiger partial charge in [0.15, 0.2) is 6.73 Å². The molecule has 5 amide bonds. The van der Waals surface area contributed by atoms with E-state index in [2.05, 4.69) is 53.8 Å². The Kier molecular flexibility index (Phi) is 13.1. The highest BCUT2D eigenvalue weighted by Gasteiger charge is 2.64. The number of hydrogen-bond donors (Lipinski definition) is 1. The molecule has 0 spiro atoms. The van der Waals surface area contributed by atoms with Crippen molar-refractivity contribution in [3.63, 3.8) is 0 Å². The molecule has 3 aromatic carbocycles. The van der Waals surface area contributed by atoms with Crippen LogP contribution in [0.4, 0.5) is 16.2 Å². The first-order chi connectivity index (χ1) is 31.5. The number of likely N-dealkylation sites (tertiary alicyclic amines) is 1. The van der Waals surface area contributed by atoms with Crippen LogP contribution in [0, 0.1) is 28.1 Å². The van der Waals surface area contributed by atoms with Gasteiger partial charge in [-0.15, -0.1) is 0 Å². The van der Waals surface area contributed by atoms with Crippen molar-refractivity contribution in [1.29, 1.82) is 5.26 Å². The summed E-state index contributed by atoms with van der Waals surface area (Å²) in [6.07, 6.45) is 0.767. The van der Waals surface area contributed by atoms with Crippen molar-refractivity contribution in [2.24, 2.45) is 16.7 Å². The number of nitrogens with one attached hydrogen (secondary N) is 1. The van der Waals surface area contributed by atoms with E-state index in [4.69, 9.17) is 25.8 Å². The molecule has 1 atom stereocenters. The Labute approximate surface area is 389 Å². The second-order valence-electron chi connectivity index (χ2n) is 18.9. The highest BCUT2D eigenvalue weighted by Crippen LogP contribution is 2.55. The second kappa shape index (κ2) is 18.6. The fourth-order valence-electron chi connectivity index (χ4n) is 10.8. The number of imide groups is 2. The topological polar surface area (TPSA) is 182 Å². The van der Waals surface area contributed by atoms with Gasteiger partial charge in [0.05, 0.1) is 28.3 Å². The normalized spacial score (nSPS) is 23.0. The summed E-state index contributed by atoms with van der Waals surface area (Å²) in [5, 5.41) is 12.9. The third-order valence-corrected chi connectivity index (χ3v) is 14.4. The molecule has 4 aliphatic heterocycles. The molecule has 1 unspecified atom stereocenters. The zero-order chi connectivity index (χ0) is 47.1. The molecule has 0 aromatic heterocycles. The molecule has 0 radical (unpaired) electrons. The Morgan fingerprint density at radius 2 is 1.45 bits per heavy atom. The number of ether oxygens (including phenoxy) is 3. The molecule has 16 nitrogen and oxygen atoms in total. The third-order valence-electron chi connectivity index (χ3n) is 14.1. The lowest BCUT2D eigenvalue weighted by molar-refractivity contribution is -0.164. The average Bonchev–Trinajstić information content (AvgIpc) is 3.55. The highest BCUT2D eigenvalue weighted by molar-refractivity contribution is 6.31. The lowest BCUT2D eigenvalue weighted by atomic mass is 9.49. The van der Waals surface area contributed by atoms with Crippen molar-refractivity contribution in [3.05, 3.63) is 87.9 Å². The molecule has 66 heavy (non-hydrogen) atoms. The minimum atomic E-state index is -1.20. The van der Waals surface area contributed by atoms with E-state index in [9.17, 15) is 34.0 Å². The summed E-state index contributed by atoms with van der Waals surface area (Å²) in [5.41, 5.74) is 2.61. The first-order valence-corrected chi connectivity index (χ1v) is 23.0. The second-order valence-corrected chi connectivity index (χ2v) is 19.4. The number of piperidine rings is 2. The maximum absolute atomic E-state index is 13.7. The molecule has 17 heteroatoms. The zero-order valence-electron chi connectivity index (χ0n) is 38.0. The number of amides is 5. The summed E-state index contributed by atoms with van der Waals surface area (Å²) in [7, 11) is 0. The van der Waals surface area contributed by atoms with Gasteiger partial charge >= 0.3 is 6.16 Å². The van der Waals surface area contributed by atoms with Crippen LogP contribution in [0.2, 0.25) is 5.02 Å². The molecule has 3 aromatic rings. The third kappa shape index (κ3) is 8.90. The van der Waals surface area contributed by atoms with E-state index in [1.54, 1.807) is 37.3 Å². The zero-order valence-corrected chi connectivity index (χ0v) is 38.8. The van der Waals surface area contributed by atoms with Crippen LogP contribution in [0.3, 0.4) is 0 Å². The van der Waals surface area contributed by atoms with Gasteiger partial charge in [-0.1, -0.05) is 39.3 Å². The van der Waals surface area contributed by atoms with Crippen molar-refractivity contribution >= 4 is 58.7 Å². The first kappa shape index (κ1) is 46.4. The molecular weight excluding hydrogens is 866 g/mol. The number of benzene rings is 3. The minimum Gasteiger partial charge on any atom is -0.489 e. The smallest absolute Gasteiger partial charge is 0.489 e. The molecule has 348 valence electrons. The number of rotatable bonds is 12. The molecule has 0 bridgehead atoms. The van der Waals surface area contributed by atoms with Gasteiger partial charge in [0.25, 0.3) is 23.6 Å². The molecule has 1 aliphatic carbocycles. The average molecular weight is 922 g/mol. The van der Waals surface area contributed by atoms with Crippen LogP contribution in [0.1, 0.15) is 96.9 Å². The molecule has 4 fully saturated rings. The summed E-state index contributed by atoms with van der Waals surface area (Å²) in [6, 6.07) is 18.8. The number of carbonyl (C=O) groups is 6. The Morgan fingerprint density at radius 3 is 2.11 bits per heavy atom. The van der Waals surface area contributed by atoms with E-state index < -0.39 is 42.6 Å². The van der Waals surface area contributed by atoms with Crippen molar-refractivity contribution in [2.45, 2.75) is 78.5 Å². The van der Waals surface area contributed by atoms with Gasteiger partial charge in [-0.3, -0.25) is 33.8 Å². The van der Waals surface area contributed by atoms with Gasteiger partial charge in [0.2, 0.25) is 5.91 Å². The summed E-state index contributed by atoms with van der Waals surface area (Å²) >= 11 is 6.26. The number of fused-ring (bicyclic) bond motifs is 1. The Hall–Kier alpha value is -6.18. The largest absolute Gasteiger partial charge is 0.510 e. The summed E-state index contributed by atoms with van der Waals surface area (Å²) in [4.78, 5) is 87.1. The summed E-state index contributed by atoms with van der Waals surface area (Å²) in [5.74, 6) is -1.51. The Morgan fingerprint density at radius 1 is 0.803 bits per heavy atom. The number of hydrogen-bond acceptors (Lipinski definition) is 13. The van der Waals surface area contributed by atoms with Crippen LogP contribution >= 0.6 is 11.6 Å². The molecule has 5 aliphatic rings. The van der Waals surface area contributed by atoms with Crippen molar-refractivity contribution in [3.8, 4) is 11.8 Å². The van der Waals surface area contributed by atoms with E-state index in [-0.39, 0.29) is 59.5 Å². The quantitative estimate of drug-likeness (QED) is 0.163. The molecular formula is C49H56ClN7O9. The minimum absolute atomic E-state index is 0.0155. The van der Waals surface area contributed by atoms with Crippen LogP contribution in [-0.4, -0.2) is 128 Å². The van der Waals surface area contributed by atoms with E-state index in [0.717, 1.165) is 79.8 Å². The number of anilines is 2. The van der Waals surface area contributed by atoms with Gasteiger partial charge < -0.3 is 29.3 Å². The number of nitriles is 1. The van der Waals surface area contributed by atoms with E-state index in [1.807, 2.05) is 30.3 Å². The molecule has 3 saturated heterocycles. The van der Waals surface area contributed by atoms with E-state index in [0.29, 0.717) is 27.8 Å². The maximum atomic E-state index is 13.7. The van der Waals surface area contributed by atoms with Crippen molar-refractivity contribution < 1.29 is 43.0 Å². The molecule has 1 N–H and O–H groups in total. The van der Waals surface area contributed by atoms with Crippen molar-refractivity contribution in [1.82, 2.24) is 20.0 Å². The molecule has 4 heterocycles. The number of nitrogens with zero attached hydrogens (tertiary/aromatic N) is 6. The highest BCUT2D eigenvalue weighted by atomic mass is 35.5. The van der Waals surface area contributed by atoms with Gasteiger partial charge in [0, 0.05) is 92.1 Å². The standard InChI is InChI=1S/C49H56ClN7O9/c1-6-64-47(63)65-29-56-40(58)16-15-39(44(56)62)57-42(60)36-14-12-34(25-37(36)43(57)61)55-23-21-53(22-24-55)28-30-17-19-54(20-18-30)33-10-7-31(8-11-33)41(59)52-45-48(2,3)46(49(45,4)5)66-35-13-9-32(27-51)38(50)26-35/h7-14,25-26,30,39,45-46H,6,15-24,28-29H2,1-5H3,(H,52,59)/t39?,45-,46-. The van der Waals surface area contributed by atoms with Crippen LogP contribution in [0.25, 0.3) is 0 Å². The predicted octanol–water partition coefficient (Wildman–Crippen LogP) is 6.11. The van der Waals surface area contributed by atoms with Crippen LogP contribution in [-0.2, 0) is 19.1 Å². The number of carbonyl (C=O) groups excluding carboxylic acids is 6. The summed E-state index contributed by atoms with van der Waals surface area (Å²) in [6.45, 7) is 15.4. The fourth-order valence-corrected chi connectivity index (χ4v) is 11.0. The molecule has 8 rings (SSSR count). The van der Waals surface area contributed by atoms with Gasteiger partial charge in [-0.2, -0.15) is 5.26 Å². The number of piperazine rings is 1. The lowest BCUT2D eigenvalue weighted by Gasteiger charge is -2.63. The molecule has 1 saturated carbocycles. The fraction of sp³-hybridized carbons (Fsp3) is 0.490. The number of halogens is 1. The van der Waals surface area contributed by atoms with Crippen LogP contribution in [0.15, 0.2) is 60.7 Å². The van der Waals surface area contributed by atoms with Crippen LogP contribution in [0.5, 0.6) is 5.75 Å². The Balaban J connectivity index is 0.786. The van der Waals surface area contributed by atoms with Gasteiger partial charge in [0.1, 0.15) is 24.0 Å². The van der Waals surface area contributed by atoms with E-state index >= 15 is 0 Å². The van der Waals surface area contributed by atoms with Gasteiger partial charge in [-0.25, -0.2) is 9.69 Å². The maximum Gasteiger partial charge on any atom is 0.510 e. The SMILES string of the molecule is CCOC(=O)OCN1C(=O)CCC(N2C(=O)c3ccc(N4CCN(CC5CCN(c6ccc(C(=O)N[C@H]7C(C)(C)[C@H](Oc8ccc(C#N)c(Cl)c8)C7(C)C)cc6)CC5)CC4)cc3C2=O)C1=O. The monoisotopic (exact) mass is 921 g/mol. The lowest BCUT2D eigenvalue weighted by Crippen LogP contribution is -2.74. The van der Waals surface area contributed by atoms with E-state index in [1.165, 1.54) is 0 Å².